The van der Waals surface area contributed by atoms with E-state index in [1.54, 1.807) is 10.9 Å². The normalized spacial score (nSPS) is 20.3. The average molecular weight is 532 g/mol. The summed E-state index contributed by atoms with van der Waals surface area (Å²) in [6, 6.07) is 10.3. The summed E-state index contributed by atoms with van der Waals surface area (Å²) in [5.41, 5.74) is 15.3. The fraction of sp³-hybridized carbons (Fsp3) is 0.321. The number of aromatic amines is 1. The lowest BCUT2D eigenvalue weighted by molar-refractivity contribution is 0.0946. The van der Waals surface area contributed by atoms with Gasteiger partial charge in [-0.05, 0) is 55.5 Å². The molecule has 0 saturated carbocycles. The second-order valence-corrected chi connectivity index (χ2v) is 10.2. The lowest BCUT2D eigenvalue weighted by Gasteiger charge is -2.29. The number of anilines is 1. The highest BCUT2D eigenvalue weighted by Gasteiger charge is 2.36. The van der Waals surface area contributed by atoms with Gasteiger partial charge in [-0.1, -0.05) is 12.1 Å². The maximum atomic E-state index is 13.8. The molecule has 1 unspecified atom stereocenters. The molecule has 202 valence electrons. The summed E-state index contributed by atoms with van der Waals surface area (Å²) < 4.78 is 20.7. The second-order valence-electron chi connectivity index (χ2n) is 10.2. The fourth-order valence-electron chi connectivity index (χ4n) is 6.08. The van der Waals surface area contributed by atoms with E-state index in [2.05, 4.69) is 15.6 Å². The molecule has 4 aromatic rings. The zero-order chi connectivity index (χ0) is 27.3. The number of hydrogen-bond acceptors (Lipinski definition) is 6. The number of ether oxygens (including phenoxy) is 1. The first-order valence-electron chi connectivity index (χ1n) is 13.0. The third-order valence-electron chi connectivity index (χ3n) is 7.90. The van der Waals surface area contributed by atoms with Crippen molar-refractivity contribution in [1.29, 1.82) is 0 Å². The Labute approximate surface area is 223 Å². The van der Waals surface area contributed by atoms with Gasteiger partial charge < -0.3 is 31.8 Å². The van der Waals surface area contributed by atoms with Crippen molar-refractivity contribution in [2.24, 2.45) is 5.73 Å². The van der Waals surface area contributed by atoms with E-state index >= 15 is 0 Å². The third-order valence-corrected chi connectivity index (χ3v) is 7.90. The number of nitrogens with two attached hydrogens (primary N) is 2. The smallest absolute Gasteiger partial charge is 0.255 e. The SMILES string of the molecule is COc1ccc(F)cc1C(=O)NCc1ccc(-c2nn(C3C[C@H]4CC[C@@H](C3)N4)c(N)c2C(N)=O)c2cc[nH]c12. The summed E-state index contributed by atoms with van der Waals surface area (Å²) in [5.74, 6) is -1.06. The van der Waals surface area contributed by atoms with Crippen molar-refractivity contribution in [2.75, 3.05) is 12.8 Å². The molecule has 39 heavy (non-hydrogen) atoms. The zero-order valence-electron chi connectivity index (χ0n) is 21.5. The van der Waals surface area contributed by atoms with Crippen LogP contribution in [0.25, 0.3) is 22.2 Å². The number of fused-ring (bicyclic) bond motifs is 3. The topological polar surface area (TPSA) is 153 Å². The molecular formula is C28H30FN7O3. The van der Waals surface area contributed by atoms with Crippen molar-refractivity contribution in [2.45, 2.75) is 50.4 Å². The number of carbonyl (C=O) groups excluding carboxylic acids is 2. The molecule has 6 rings (SSSR count). The number of nitrogens with zero attached hydrogens (tertiary/aromatic N) is 2. The predicted octanol–water partition coefficient (Wildman–Crippen LogP) is 3.25. The molecule has 2 aliphatic heterocycles. The Morgan fingerprint density at radius 1 is 1.18 bits per heavy atom. The van der Waals surface area contributed by atoms with Crippen LogP contribution in [0.2, 0.25) is 0 Å². The highest BCUT2D eigenvalue weighted by atomic mass is 19.1. The molecule has 2 aromatic heterocycles. The Bertz CT molecular complexity index is 1580. The molecule has 0 aliphatic carbocycles. The molecule has 2 aliphatic rings. The fourth-order valence-corrected chi connectivity index (χ4v) is 6.08. The number of halogens is 1. The van der Waals surface area contributed by atoms with Crippen LogP contribution in [0.5, 0.6) is 5.75 Å². The van der Waals surface area contributed by atoms with Crippen LogP contribution in [0.1, 0.15) is 58.0 Å². The summed E-state index contributed by atoms with van der Waals surface area (Å²) in [6.45, 7) is 0.174. The number of H-pyrrole nitrogens is 1. The Kier molecular flexibility index (Phi) is 6.22. The summed E-state index contributed by atoms with van der Waals surface area (Å²) in [5, 5.41) is 12.1. The number of hydrogen-bond donors (Lipinski definition) is 5. The molecule has 10 nitrogen and oxygen atoms in total. The largest absolute Gasteiger partial charge is 0.496 e. The minimum Gasteiger partial charge on any atom is -0.496 e. The first-order valence-corrected chi connectivity index (χ1v) is 13.0. The van der Waals surface area contributed by atoms with Crippen molar-refractivity contribution in [3.63, 3.8) is 0 Å². The van der Waals surface area contributed by atoms with Gasteiger partial charge in [0.25, 0.3) is 11.8 Å². The third kappa shape index (κ3) is 4.38. The Morgan fingerprint density at radius 2 is 1.95 bits per heavy atom. The molecular weight excluding hydrogens is 501 g/mol. The van der Waals surface area contributed by atoms with Gasteiger partial charge in [-0.15, -0.1) is 0 Å². The summed E-state index contributed by atoms with van der Waals surface area (Å²) in [7, 11) is 1.43. The molecule has 2 fully saturated rings. The summed E-state index contributed by atoms with van der Waals surface area (Å²) in [6.07, 6.45) is 5.84. The Balaban J connectivity index is 1.32. The van der Waals surface area contributed by atoms with E-state index in [0.717, 1.165) is 48.2 Å². The van der Waals surface area contributed by atoms with Gasteiger partial charge in [0.15, 0.2) is 0 Å². The zero-order valence-corrected chi connectivity index (χ0v) is 21.5. The van der Waals surface area contributed by atoms with Gasteiger partial charge in [0, 0.05) is 35.8 Å². The van der Waals surface area contributed by atoms with E-state index in [-0.39, 0.29) is 35.3 Å². The highest BCUT2D eigenvalue weighted by molar-refractivity contribution is 6.07. The van der Waals surface area contributed by atoms with Crippen LogP contribution in [0.3, 0.4) is 0 Å². The van der Waals surface area contributed by atoms with Crippen molar-refractivity contribution < 1.29 is 18.7 Å². The van der Waals surface area contributed by atoms with Crippen molar-refractivity contribution >= 4 is 28.5 Å². The van der Waals surface area contributed by atoms with E-state index < -0.39 is 17.6 Å². The quantitative estimate of drug-likeness (QED) is 0.247. The summed E-state index contributed by atoms with van der Waals surface area (Å²) in [4.78, 5) is 28.6. The lowest BCUT2D eigenvalue weighted by atomic mass is 9.99. The van der Waals surface area contributed by atoms with Gasteiger partial charge in [0.1, 0.15) is 28.6 Å². The molecule has 11 heteroatoms. The molecule has 2 bridgehead atoms. The number of benzene rings is 2. The number of amides is 2. The number of piperidine rings is 1. The minimum atomic E-state index is -0.630. The standard InChI is InChI=1S/C28H30FN7O3/c1-39-22-7-3-15(29)10-21(22)28(38)33-13-14-2-6-19(20-8-9-32-24(14)20)25-23(27(31)37)26(30)36(35-25)18-11-16-4-5-17(12-18)34-16/h2-3,6-10,16-18,32,34H,4-5,11-13,30H2,1H3,(H2,31,37)(H,33,38)/t16-,17+,18?. The van der Waals surface area contributed by atoms with E-state index in [4.69, 9.17) is 21.3 Å². The first-order chi connectivity index (χ1) is 18.8. The molecule has 2 amide bonds. The van der Waals surface area contributed by atoms with E-state index in [0.29, 0.717) is 23.3 Å². The van der Waals surface area contributed by atoms with Crippen LogP contribution in [0.15, 0.2) is 42.6 Å². The minimum absolute atomic E-state index is 0.0895. The molecule has 0 radical (unpaired) electrons. The number of rotatable bonds is 7. The molecule has 7 N–H and O–H groups in total. The molecule has 0 spiro atoms. The highest BCUT2D eigenvalue weighted by Crippen LogP contribution is 2.39. The van der Waals surface area contributed by atoms with Gasteiger partial charge in [0.05, 0.1) is 24.2 Å². The summed E-state index contributed by atoms with van der Waals surface area (Å²) >= 11 is 0. The molecule has 4 heterocycles. The maximum Gasteiger partial charge on any atom is 0.255 e. The number of methoxy groups -OCH3 is 1. The van der Waals surface area contributed by atoms with Crippen molar-refractivity contribution in [3.8, 4) is 17.0 Å². The van der Waals surface area contributed by atoms with Gasteiger partial charge >= 0.3 is 0 Å². The van der Waals surface area contributed by atoms with Gasteiger partial charge in [-0.3, -0.25) is 9.59 Å². The number of aromatic nitrogens is 3. The second kappa shape index (κ2) is 9.73. The predicted molar refractivity (Wildman–Crippen MR) is 145 cm³/mol. The van der Waals surface area contributed by atoms with Crippen LogP contribution in [-0.2, 0) is 6.54 Å². The lowest BCUT2D eigenvalue weighted by Crippen LogP contribution is -2.39. The van der Waals surface area contributed by atoms with E-state index in [1.165, 1.54) is 19.2 Å². The van der Waals surface area contributed by atoms with Gasteiger partial charge in [0.2, 0.25) is 0 Å². The van der Waals surface area contributed by atoms with Crippen LogP contribution >= 0.6 is 0 Å². The van der Waals surface area contributed by atoms with Gasteiger partial charge in [-0.2, -0.15) is 5.10 Å². The van der Waals surface area contributed by atoms with Crippen LogP contribution < -0.4 is 26.8 Å². The number of primary amides is 1. The molecule has 2 aromatic carbocycles. The Morgan fingerprint density at radius 3 is 2.67 bits per heavy atom. The average Bonchev–Trinajstić information content (AvgIpc) is 3.64. The van der Waals surface area contributed by atoms with Crippen LogP contribution in [-0.4, -0.2) is 45.8 Å². The van der Waals surface area contributed by atoms with Crippen LogP contribution in [0.4, 0.5) is 10.2 Å². The molecule has 3 atom stereocenters. The number of nitrogens with one attached hydrogen (secondary N) is 3. The number of nitrogen functional groups attached to an aromatic ring is 1. The monoisotopic (exact) mass is 531 g/mol. The number of carbonyl (C=O) groups is 2. The Hall–Kier alpha value is -4.38. The van der Waals surface area contributed by atoms with Gasteiger partial charge in [-0.25, -0.2) is 9.07 Å². The van der Waals surface area contributed by atoms with Crippen molar-refractivity contribution in [1.82, 2.24) is 25.4 Å². The maximum absolute atomic E-state index is 13.8. The van der Waals surface area contributed by atoms with Crippen molar-refractivity contribution in [3.05, 3.63) is 65.1 Å². The first kappa shape index (κ1) is 24.9. The van der Waals surface area contributed by atoms with E-state index in [1.807, 2.05) is 18.2 Å². The van der Waals surface area contributed by atoms with E-state index in [9.17, 15) is 14.0 Å². The van der Waals surface area contributed by atoms with Crippen LogP contribution in [0, 0.1) is 5.82 Å². The molecule has 2 saturated heterocycles.